The third kappa shape index (κ3) is 5.26. The number of nitrogen functional groups attached to an aromatic ring is 1. The van der Waals surface area contributed by atoms with Gasteiger partial charge in [0.25, 0.3) is 0 Å². The van der Waals surface area contributed by atoms with Gasteiger partial charge in [0.2, 0.25) is 5.91 Å². The number of piperidine rings is 1. The van der Waals surface area contributed by atoms with Crippen molar-refractivity contribution in [1.82, 2.24) is 24.5 Å². The number of aromatic nitrogens is 4. The first-order valence-corrected chi connectivity index (χ1v) is 12.6. The van der Waals surface area contributed by atoms with Gasteiger partial charge in [-0.3, -0.25) is 9.78 Å². The Kier molecular flexibility index (Phi) is 6.88. The summed E-state index contributed by atoms with van der Waals surface area (Å²) in [5, 5.41) is 8.41. The summed E-state index contributed by atoms with van der Waals surface area (Å²) in [5.41, 5.74) is 9.94. The summed E-state index contributed by atoms with van der Waals surface area (Å²) in [5.74, 6) is 1.06. The van der Waals surface area contributed by atoms with Crippen LogP contribution in [0.5, 0.6) is 0 Å². The standard InChI is InChI=1S/C25H25BrClN7O/c26-19-14-31-34-23(30-13-17-3-1-7-29-12-17)11-22(32-25(19)34)18-4-2-8-33(15-18)24(35)10-16-5-6-21(28)20(27)9-16/h1,3,5-7,9,11-12,14,18,30H,2,4,8,10,13,15,28H2. The van der Waals surface area contributed by atoms with Crippen LogP contribution in [0.15, 0.2) is 59.5 Å². The van der Waals surface area contributed by atoms with Crippen molar-refractivity contribution in [2.45, 2.75) is 31.7 Å². The van der Waals surface area contributed by atoms with Crippen LogP contribution in [0.1, 0.15) is 35.6 Å². The van der Waals surface area contributed by atoms with Crippen LogP contribution in [0, 0.1) is 0 Å². The predicted octanol–water partition coefficient (Wildman–Crippen LogP) is 4.68. The van der Waals surface area contributed by atoms with E-state index in [0.717, 1.165) is 52.1 Å². The van der Waals surface area contributed by atoms with E-state index in [9.17, 15) is 4.79 Å². The molecule has 4 heterocycles. The molecule has 1 saturated heterocycles. The van der Waals surface area contributed by atoms with E-state index in [-0.39, 0.29) is 11.8 Å². The van der Waals surface area contributed by atoms with E-state index in [1.807, 2.05) is 35.4 Å². The van der Waals surface area contributed by atoms with Crippen molar-refractivity contribution in [3.63, 3.8) is 0 Å². The Morgan fingerprint density at radius 2 is 2.11 bits per heavy atom. The second-order valence-corrected chi connectivity index (χ2v) is 9.98. The lowest BCUT2D eigenvalue weighted by atomic mass is 9.94. The van der Waals surface area contributed by atoms with Crippen molar-refractivity contribution in [3.05, 3.63) is 81.3 Å². The molecule has 1 fully saturated rings. The maximum Gasteiger partial charge on any atom is 0.227 e. The molecule has 0 bridgehead atoms. The predicted molar refractivity (Wildman–Crippen MR) is 140 cm³/mol. The minimum Gasteiger partial charge on any atom is -0.398 e. The SMILES string of the molecule is Nc1ccc(CC(=O)N2CCCC(c3cc(NCc4cccnc4)n4ncc(Br)c4n3)C2)cc1Cl. The summed E-state index contributed by atoms with van der Waals surface area (Å²) in [4.78, 5) is 24.1. The fourth-order valence-corrected chi connectivity index (χ4v) is 4.95. The van der Waals surface area contributed by atoms with Crippen LogP contribution in [0.4, 0.5) is 11.5 Å². The molecule has 1 aliphatic rings. The molecule has 8 nitrogen and oxygen atoms in total. The molecular weight excluding hydrogens is 530 g/mol. The maximum atomic E-state index is 13.1. The van der Waals surface area contributed by atoms with Crippen LogP contribution in [-0.4, -0.2) is 43.5 Å². The Morgan fingerprint density at radius 1 is 1.23 bits per heavy atom. The molecule has 1 amide bonds. The summed E-state index contributed by atoms with van der Waals surface area (Å²) in [7, 11) is 0. The Balaban J connectivity index is 1.35. The number of carbonyl (C=O) groups excluding carboxylic acids is 1. The number of nitrogens with two attached hydrogens (primary N) is 1. The van der Waals surface area contributed by atoms with Gasteiger partial charge in [-0.15, -0.1) is 0 Å². The highest BCUT2D eigenvalue weighted by molar-refractivity contribution is 9.10. The second-order valence-electron chi connectivity index (χ2n) is 8.72. The molecule has 1 unspecified atom stereocenters. The Bertz CT molecular complexity index is 1360. The number of fused-ring (bicyclic) bond motifs is 1. The molecule has 180 valence electrons. The third-order valence-corrected chi connectivity index (χ3v) is 7.14. The van der Waals surface area contributed by atoms with Crippen molar-refractivity contribution in [2.75, 3.05) is 24.1 Å². The van der Waals surface area contributed by atoms with Gasteiger partial charge in [0.1, 0.15) is 5.82 Å². The van der Waals surface area contributed by atoms with E-state index in [1.54, 1.807) is 29.0 Å². The molecular formula is C25H25BrClN7O. The van der Waals surface area contributed by atoms with Crippen LogP contribution in [0.25, 0.3) is 5.65 Å². The van der Waals surface area contributed by atoms with E-state index in [4.69, 9.17) is 22.3 Å². The van der Waals surface area contributed by atoms with Crippen molar-refractivity contribution in [1.29, 1.82) is 0 Å². The van der Waals surface area contributed by atoms with Gasteiger partial charge in [-0.05, 0) is 58.1 Å². The van der Waals surface area contributed by atoms with Crippen LogP contribution in [0.3, 0.4) is 0 Å². The molecule has 0 spiro atoms. The van der Waals surface area contributed by atoms with Crippen LogP contribution in [-0.2, 0) is 17.8 Å². The number of carbonyl (C=O) groups is 1. The van der Waals surface area contributed by atoms with E-state index in [1.165, 1.54) is 0 Å². The molecule has 4 aromatic rings. The van der Waals surface area contributed by atoms with Crippen molar-refractivity contribution >= 4 is 50.6 Å². The number of hydrogen-bond donors (Lipinski definition) is 2. The number of anilines is 2. The fourth-order valence-electron chi connectivity index (χ4n) is 4.40. The molecule has 10 heteroatoms. The highest BCUT2D eigenvalue weighted by atomic mass is 79.9. The molecule has 3 N–H and O–H groups in total. The number of nitrogens with zero attached hydrogens (tertiary/aromatic N) is 5. The number of halogens is 2. The highest BCUT2D eigenvalue weighted by Gasteiger charge is 2.27. The fraction of sp³-hybridized carbons (Fsp3) is 0.280. The Labute approximate surface area is 216 Å². The molecule has 35 heavy (non-hydrogen) atoms. The van der Waals surface area contributed by atoms with Gasteiger partial charge in [0.15, 0.2) is 5.65 Å². The summed E-state index contributed by atoms with van der Waals surface area (Å²) in [6, 6.07) is 11.3. The highest BCUT2D eigenvalue weighted by Crippen LogP contribution is 2.30. The lowest BCUT2D eigenvalue weighted by Gasteiger charge is -2.33. The monoisotopic (exact) mass is 553 g/mol. The van der Waals surface area contributed by atoms with Crippen molar-refractivity contribution < 1.29 is 4.79 Å². The van der Waals surface area contributed by atoms with Gasteiger partial charge in [0, 0.05) is 44.0 Å². The summed E-state index contributed by atoms with van der Waals surface area (Å²) in [6.07, 6.45) is 7.53. The van der Waals surface area contributed by atoms with E-state index in [2.05, 4.69) is 31.3 Å². The number of hydrogen-bond acceptors (Lipinski definition) is 6. The zero-order chi connectivity index (χ0) is 24.4. The molecule has 1 aliphatic heterocycles. The number of benzene rings is 1. The van der Waals surface area contributed by atoms with Crippen molar-refractivity contribution in [2.24, 2.45) is 0 Å². The van der Waals surface area contributed by atoms with Crippen LogP contribution >= 0.6 is 27.5 Å². The molecule has 0 saturated carbocycles. The van der Waals surface area contributed by atoms with Gasteiger partial charge in [0.05, 0.1) is 33.5 Å². The number of pyridine rings is 1. The lowest BCUT2D eigenvalue weighted by molar-refractivity contribution is -0.131. The van der Waals surface area contributed by atoms with Crippen LogP contribution in [0.2, 0.25) is 5.02 Å². The Hall–Kier alpha value is -3.17. The molecule has 1 atom stereocenters. The van der Waals surface area contributed by atoms with Crippen molar-refractivity contribution in [3.8, 4) is 0 Å². The third-order valence-electron chi connectivity index (χ3n) is 6.26. The zero-order valence-electron chi connectivity index (χ0n) is 19.0. The average Bonchev–Trinajstić information content (AvgIpc) is 3.26. The minimum atomic E-state index is 0.0806. The largest absolute Gasteiger partial charge is 0.398 e. The molecule has 1 aromatic carbocycles. The average molecular weight is 555 g/mol. The molecule has 0 radical (unpaired) electrons. The summed E-state index contributed by atoms with van der Waals surface area (Å²) in [6.45, 7) is 1.98. The zero-order valence-corrected chi connectivity index (χ0v) is 21.3. The van der Waals surface area contributed by atoms with Gasteiger partial charge in [-0.2, -0.15) is 9.61 Å². The van der Waals surface area contributed by atoms with Crippen LogP contribution < -0.4 is 11.1 Å². The first-order valence-electron chi connectivity index (χ1n) is 11.5. The number of rotatable bonds is 6. The smallest absolute Gasteiger partial charge is 0.227 e. The quantitative estimate of drug-likeness (QED) is 0.336. The van der Waals surface area contributed by atoms with Gasteiger partial charge >= 0.3 is 0 Å². The molecule has 0 aliphatic carbocycles. The lowest BCUT2D eigenvalue weighted by Crippen LogP contribution is -2.40. The van der Waals surface area contributed by atoms with E-state index in [0.29, 0.717) is 30.2 Å². The van der Waals surface area contributed by atoms with Gasteiger partial charge in [-0.25, -0.2) is 4.98 Å². The summed E-state index contributed by atoms with van der Waals surface area (Å²) < 4.78 is 2.62. The van der Waals surface area contributed by atoms with E-state index < -0.39 is 0 Å². The first kappa shape index (κ1) is 23.6. The topological polar surface area (TPSA) is 101 Å². The van der Waals surface area contributed by atoms with Gasteiger partial charge < -0.3 is 16.0 Å². The first-order chi connectivity index (χ1) is 17.0. The number of likely N-dealkylation sites (tertiary alicyclic amines) is 1. The Morgan fingerprint density at radius 3 is 2.91 bits per heavy atom. The number of amides is 1. The van der Waals surface area contributed by atoms with E-state index >= 15 is 0 Å². The second kappa shape index (κ2) is 10.2. The van der Waals surface area contributed by atoms with Gasteiger partial charge in [-0.1, -0.05) is 23.7 Å². The normalized spacial score (nSPS) is 15.9. The maximum absolute atomic E-state index is 13.1. The number of nitrogens with one attached hydrogen (secondary N) is 1. The molecule has 3 aromatic heterocycles. The molecule has 5 rings (SSSR count). The minimum absolute atomic E-state index is 0.0806. The summed E-state index contributed by atoms with van der Waals surface area (Å²) >= 11 is 9.71.